The molecule has 198 valence electrons. The van der Waals surface area contributed by atoms with Crippen LogP contribution in [-0.2, 0) is 23.9 Å². The van der Waals surface area contributed by atoms with Crippen LogP contribution in [0.2, 0.25) is 0 Å². The Morgan fingerprint density at radius 2 is 1.08 bits per heavy atom. The lowest BCUT2D eigenvalue weighted by atomic mass is 9.70. The second-order valence-electron chi connectivity index (χ2n) is 10.9. The number of amides is 5. The van der Waals surface area contributed by atoms with E-state index in [1.807, 2.05) is 0 Å². The highest BCUT2D eigenvalue weighted by atomic mass is 16.6. The van der Waals surface area contributed by atoms with E-state index < -0.39 is 35.4 Å². The van der Waals surface area contributed by atoms with Crippen LogP contribution < -0.4 is 20.4 Å². The summed E-state index contributed by atoms with van der Waals surface area (Å²) >= 11 is 0. The first-order valence-electron chi connectivity index (χ1n) is 12.6. The Labute approximate surface area is 220 Å². The highest BCUT2D eigenvalue weighted by Crippen LogP contribution is 2.49. The fourth-order valence-electron chi connectivity index (χ4n) is 5.58. The third-order valence-electron chi connectivity index (χ3n) is 7.32. The number of imide groups is 2. The van der Waals surface area contributed by atoms with Crippen LogP contribution in [0.15, 0.2) is 48.5 Å². The van der Waals surface area contributed by atoms with Crippen molar-refractivity contribution in [2.24, 2.45) is 23.7 Å². The summed E-state index contributed by atoms with van der Waals surface area (Å²) in [5, 5.41) is 5.61. The van der Waals surface area contributed by atoms with E-state index >= 15 is 0 Å². The van der Waals surface area contributed by atoms with Crippen molar-refractivity contribution in [1.82, 2.24) is 0 Å². The minimum Gasteiger partial charge on any atom is -0.444 e. The molecule has 5 amide bonds. The summed E-state index contributed by atoms with van der Waals surface area (Å²) in [5.74, 6) is -3.99. The molecule has 0 radical (unpaired) electrons. The summed E-state index contributed by atoms with van der Waals surface area (Å²) in [7, 11) is 1.78. The highest BCUT2D eigenvalue weighted by molar-refractivity contribution is 6.25. The minimum absolute atomic E-state index is 0.157. The van der Waals surface area contributed by atoms with Crippen molar-refractivity contribution < 1.29 is 28.7 Å². The maximum absolute atomic E-state index is 13.4. The second kappa shape index (κ2) is 9.27. The van der Waals surface area contributed by atoms with Crippen LogP contribution in [0, 0.1) is 23.7 Å². The smallest absolute Gasteiger partial charge is 0.412 e. The van der Waals surface area contributed by atoms with Crippen LogP contribution in [-0.4, -0.2) is 42.4 Å². The Morgan fingerprint density at radius 1 is 0.711 bits per heavy atom. The van der Waals surface area contributed by atoms with Crippen molar-refractivity contribution in [3.63, 3.8) is 0 Å². The molecule has 2 N–H and O–H groups in total. The first-order chi connectivity index (χ1) is 18.0. The Bertz CT molecular complexity index is 1270. The number of nitrogens with zero attached hydrogens (tertiary/aromatic N) is 2. The van der Waals surface area contributed by atoms with E-state index in [9.17, 15) is 24.0 Å². The lowest BCUT2D eigenvalue weighted by Crippen LogP contribution is -2.35. The SMILES string of the molecule is CNc1ccc(N2C(=O)[C@H]3C[C@@H]4C(=O)N(c5ccc(NC(=O)OC(C)(C)C)cc5)C(=O)[C@@H]4C[C@H]3C2=O)cc1. The number of fused-ring (bicyclic) bond motifs is 2. The molecule has 2 heterocycles. The third kappa shape index (κ3) is 4.40. The van der Waals surface area contributed by atoms with E-state index in [-0.39, 0.29) is 36.5 Å². The van der Waals surface area contributed by atoms with Crippen LogP contribution in [0.5, 0.6) is 0 Å². The van der Waals surface area contributed by atoms with E-state index in [0.717, 1.165) is 10.6 Å². The largest absolute Gasteiger partial charge is 0.444 e. The second-order valence-corrected chi connectivity index (χ2v) is 10.9. The van der Waals surface area contributed by atoms with Gasteiger partial charge in [0.2, 0.25) is 23.6 Å². The standard InChI is InChI=1S/C28H30N4O6/c1-28(2,3)38-27(37)30-16-7-11-18(12-8-16)32-25(35)21-13-19-20(14-22(21)26(32)36)24(34)31(23(19)33)17-9-5-15(29-4)6-10-17/h5-12,19-22,29H,13-14H2,1-4H3,(H,30,37)/t19-,20+,21-,22+. The van der Waals surface area contributed by atoms with Gasteiger partial charge in [0.25, 0.3) is 0 Å². The number of nitrogens with one attached hydrogen (secondary N) is 2. The van der Waals surface area contributed by atoms with Crippen LogP contribution in [0.25, 0.3) is 0 Å². The van der Waals surface area contributed by atoms with E-state index in [4.69, 9.17) is 4.74 Å². The van der Waals surface area contributed by atoms with Gasteiger partial charge in [-0.3, -0.25) is 34.3 Å². The molecule has 0 bridgehead atoms. The maximum atomic E-state index is 13.4. The van der Waals surface area contributed by atoms with Gasteiger partial charge in [-0.1, -0.05) is 0 Å². The van der Waals surface area contributed by atoms with Crippen molar-refractivity contribution in [1.29, 1.82) is 0 Å². The number of anilines is 4. The fourth-order valence-corrected chi connectivity index (χ4v) is 5.58. The Balaban J connectivity index is 1.31. The molecule has 2 aromatic carbocycles. The first kappa shape index (κ1) is 25.4. The van der Waals surface area contributed by atoms with Crippen molar-refractivity contribution >= 4 is 52.5 Å². The molecule has 2 aromatic rings. The van der Waals surface area contributed by atoms with E-state index in [1.165, 1.54) is 4.90 Å². The van der Waals surface area contributed by atoms with Gasteiger partial charge >= 0.3 is 6.09 Å². The van der Waals surface area contributed by atoms with Gasteiger partial charge in [-0.05, 0) is 82.1 Å². The average Bonchev–Trinajstić information content (AvgIpc) is 3.26. The monoisotopic (exact) mass is 518 g/mol. The molecule has 1 saturated carbocycles. The summed E-state index contributed by atoms with van der Waals surface area (Å²) in [5.41, 5.74) is 1.51. The quantitative estimate of drug-likeness (QED) is 0.590. The van der Waals surface area contributed by atoms with Gasteiger partial charge in [0.15, 0.2) is 0 Å². The number of ether oxygens (including phenoxy) is 1. The molecule has 0 aromatic heterocycles. The molecule has 2 saturated heterocycles. The number of carbonyl (C=O) groups is 5. The summed E-state index contributed by atoms with van der Waals surface area (Å²) in [6.07, 6.45) is -0.299. The van der Waals surface area contributed by atoms with Crippen LogP contribution in [0.3, 0.4) is 0 Å². The lowest BCUT2D eigenvalue weighted by molar-refractivity contribution is -0.129. The topological polar surface area (TPSA) is 125 Å². The number of rotatable bonds is 4. The zero-order valence-electron chi connectivity index (χ0n) is 21.7. The van der Waals surface area contributed by atoms with Gasteiger partial charge < -0.3 is 10.1 Å². The molecule has 10 nitrogen and oxygen atoms in total. The maximum Gasteiger partial charge on any atom is 0.412 e. The molecule has 5 rings (SSSR count). The van der Waals surface area contributed by atoms with E-state index in [2.05, 4.69) is 10.6 Å². The van der Waals surface area contributed by atoms with Gasteiger partial charge in [0, 0.05) is 18.4 Å². The fraction of sp³-hybridized carbons (Fsp3) is 0.393. The predicted molar refractivity (Wildman–Crippen MR) is 140 cm³/mol. The number of carbonyl (C=O) groups excluding carboxylic acids is 5. The zero-order chi connectivity index (χ0) is 27.4. The third-order valence-corrected chi connectivity index (χ3v) is 7.32. The summed E-state index contributed by atoms with van der Waals surface area (Å²) < 4.78 is 5.24. The van der Waals surface area contributed by atoms with Gasteiger partial charge in [-0.2, -0.15) is 0 Å². The van der Waals surface area contributed by atoms with Crippen LogP contribution >= 0.6 is 0 Å². The van der Waals surface area contributed by atoms with E-state index in [0.29, 0.717) is 17.1 Å². The molecule has 4 atom stereocenters. The summed E-state index contributed by atoms with van der Waals surface area (Å²) in [4.78, 5) is 67.6. The summed E-state index contributed by atoms with van der Waals surface area (Å²) in [6, 6.07) is 13.3. The first-order valence-corrected chi connectivity index (χ1v) is 12.6. The molecule has 3 aliphatic rings. The van der Waals surface area contributed by atoms with Crippen molar-refractivity contribution in [3.8, 4) is 0 Å². The van der Waals surface area contributed by atoms with Gasteiger partial charge in [0.1, 0.15) is 5.60 Å². The van der Waals surface area contributed by atoms with Crippen molar-refractivity contribution in [3.05, 3.63) is 48.5 Å². The molecular formula is C28H30N4O6. The average molecular weight is 519 g/mol. The zero-order valence-corrected chi connectivity index (χ0v) is 21.7. The number of benzene rings is 2. The molecular weight excluding hydrogens is 488 g/mol. The number of hydrogen-bond donors (Lipinski definition) is 2. The summed E-state index contributed by atoms with van der Waals surface area (Å²) in [6.45, 7) is 5.27. The van der Waals surface area contributed by atoms with Gasteiger partial charge in [-0.15, -0.1) is 0 Å². The Hall–Kier alpha value is -4.21. The van der Waals surface area contributed by atoms with Crippen LogP contribution in [0.4, 0.5) is 27.5 Å². The van der Waals surface area contributed by atoms with Gasteiger partial charge in [-0.25, -0.2) is 4.79 Å². The van der Waals surface area contributed by atoms with Crippen LogP contribution in [0.1, 0.15) is 33.6 Å². The highest BCUT2D eigenvalue weighted by Gasteiger charge is 2.60. The van der Waals surface area contributed by atoms with Crippen molar-refractivity contribution in [2.75, 3.05) is 27.5 Å². The molecule has 0 unspecified atom stereocenters. The predicted octanol–water partition coefficient (Wildman–Crippen LogP) is 3.78. The normalized spacial score (nSPS) is 24.8. The Morgan fingerprint density at radius 3 is 1.42 bits per heavy atom. The molecule has 1 aliphatic carbocycles. The minimum atomic E-state index is -0.660. The van der Waals surface area contributed by atoms with E-state index in [1.54, 1.807) is 76.3 Å². The molecule has 38 heavy (non-hydrogen) atoms. The number of hydrogen-bond acceptors (Lipinski definition) is 7. The lowest BCUT2D eigenvalue weighted by Gasteiger charge is -2.28. The van der Waals surface area contributed by atoms with Gasteiger partial charge in [0.05, 0.1) is 35.0 Å². The molecule has 0 spiro atoms. The molecule has 2 aliphatic heterocycles. The molecule has 10 heteroatoms. The Kier molecular flexibility index (Phi) is 6.21. The molecule has 3 fully saturated rings. The van der Waals surface area contributed by atoms with Crippen molar-refractivity contribution in [2.45, 2.75) is 39.2 Å².